The monoisotopic (exact) mass is 529 g/mol. The van der Waals surface area contributed by atoms with E-state index in [0.29, 0.717) is 28.6 Å². The molecule has 0 fully saturated rings. The van der Waals surface area contributed by atoms with Gasteiger partial charge in [-0.3, -0.25) is 13.9 Å². The van der Waals surface area contributed by atoms with Crippen LogP contribution in [0.4, 0.5) is 5.69 Å². The van der Waals surface area contributed by atoms with Gasteiger partial charge in [0.2, 0.25) is 21.8 Å². The van der Waals surface area contributed by atoms with Crippen LogP contribution in [0.25, 0.3) is 0 Å². The molecular formula is C23H29Cl2N3O5S. The van der Waals surface area contributed by atoms with Crippen LogP contribution in [0.3, 0.4) is 0 Å². The number of sulfonamides is 1. The lowest BCUT2D eigenvalue weighted by Crippen LogP contribution is -2.52. The molecule has 0 aliphatic rings. The smallest absolute Gasteiger partial charge is 0.244 e. The number of nitrogens with zero attached hydrogens (tertiary/aromatic N) is 2. The van der Waals surface area contributed by atoms with E-state index < -0.39 is 28.5 Å². The van der Waals surface area contributed by atoms with Crippen molar-refractivity contribution in [3.63, 3.8) is 0 Å². The Morgan fingerprint density at radius 2 is 1.68 bits per heavy atom. The number of anilines is 1. The van der Waals surface area contributed by atoms with Crippen molar-refractivity contribution >= 4 is 50.7 Å². The summed E-state index contributed by atoms with van der Waals surface area (Å²) < 4.78 is 31.6. The number of carbonyl (C=O) groups excluding carboxylic acids is 2. The van der Waals surface area contributed by atoms with E-state index in [-0.39, 0.29) is 23.9 Å². The molecule has 1 unspecified atom stereocenters. The van der Waals surface area contributed by atoms with Crippen LogP contribution in [0.15, 0.2) is 42.5 Å². The van der Waals surface area contributed by atoms with Gasteiger partial charge in [0.25, 0.3) is 0 Å². The van der Waals surface area contributed by atoms with Crippen molar-refractivity contribution in [2.24, 2.45) is 0 Å². The van der Waals surface area contributed by atoms with Crippen molar-refractivity contribution in [3.8, 4) is 5.75 Å². The van der Waals surface area contributed by atoms with Crippen molar-refractivity contribution in [1.82, 2.24) is 10.2 Å². The molecule has 1 atom stereocenters. The number of likely N-dealkylation sites (N-methyl/N-ethyl adjacent to an activating group) is 1. The summed E-state index contributed by atoms with van der Waals surface area (Å²) in [5.74, 6) is -0.660. The molecule has 11 heteroatoms. The van der Waals surface area contributed by atoms with E-state index in [9.17, 15) is 18.0 Å². The van der Waals surface area contributed by atoms with E-state index in [4.69, 9.17) is 27.9 Å². The van der Waals surface area contributed by atoms with Gasteiger partial charge >= 0.3 is 0 Å². The molecule has 2 amide bonds. The summed E-state index contributed by atoms with van der Waals surface area (Å²) >= 11 is 12.7. The van der Waals surface area contributed by atoms with Crippen LogP contribution in [0.5, 0.6) is 5.75 Å². The fraction of sp³-hybridized carbons (Fsp3) is 0.391. The van der Waals surface area contributed by atoms with Gasteiger partial charge in [0, 0.05) is 28.7 Å². The van der Waals surface area contributed by atoms with Crippen LogP contribution in [0.1, 0.15) is 25.8 Å². The molecule has 0 aliphatic heterocycles. The van der Waals surface area contributed by atoms with Gasteiger partial charge in [-0.15, -0.1) is 0 Å². The number of benzene rings is 2. The predicted molar refractivity (Wildman–Crippen MR) is 135 cm³/mol. The number of amides is 2. The number of ether oxygens (including phenoxy) is 1. The zero-order valence-corrected chi connectivity index (χ0v) is 21.9. The Labute approximate surface area is 210 Å². The number of methoxy groups -OCH3 is 1. The maximum Gasteiger partial charge on any atom is 0.244 e. The molecule has 0 heterocycles. The van der Waals surface area contributed by atoms with Crippen LogP contribution >= 0.6 is 23.2 Å². The quantitative estimate of drug-likeness (QED) is 0.478. The highest BCUT2D eigenvalue weighted by Crippen LogP contribution is 2.31. The fourth-order valence-electron chi connectivity index (χ4n) is 3.50. The Morgan fingerprint density at radius 3 is 2.21 bits per heavy atom. The van der Waals surface area contributed by atoms with Crippen LogP contribution in [-0.4, -0.2) is 57.6 Å². The lowest BCUT2D eigenvalue weighted by atomic mass is 10.1. The maximum absolute atomic E-state index is 13.6. The van der Waals surface area contributed by atoms with E-state index >= 15 is 0 Å². The van der Waals surface area contributed by atoms with E-state index in [1.54, 1.807) is 56.3 Å². The number of carbonyl (C=O) groups is 2. The Hall–Kier alpha value is -2.49. The molecule has 34 heavy (non-hydrogen) atoms. The topological polar surface area (TPSA) is 96.0 Å². The second-order valence-corrected chi connectivity index (χ2v) is 10.2. The molecule has 0 radical (unpaired) electrons. The average molecular weight is 530 g/mol. The highest BCUT2D eigenvalue weighted by atomic mass is 35.5. The summed E-state index contributed by atoms with van der Waals surface area (Å²) in [6.07, 6.45) is 1.30. The molecule has 0 aromatic heterocycles. The zero-order chi connectivity index (χ0) is 25.5. The third kappa shape index (κ3) is 6.77. The number of para-hydroxylation sites is 2. The average Bonchev–Trinajstić information content (AvgIpc) is 2.78. The first kappa shape index (κ1) is 27.8. The molecule has 8 nitrogen and oxygen atoms in total. The van der Waals surface area contributed by atoms with Crippen molar-refractivity contribution in [1.29, 1.82) is 0 Å². The largest absolute Gasteiger partial charge is 0.495 e. The molecule has 0 aliphatic carbocycles. The van der Waals surface area contributed by atoms with Gasteiger partial charge in [0.1, 0.15) is 18.3 Å². The second kappa shape index (κ2) is 12.3. The lowest BCUT2D eigenvalue weighted by Gasteiger charge is -2.33. The molecule has 2 aromatic rings. The maximum atomic E-state index is 13.6. The third-order valence-electron chi connectivity index (χ3n) is 5.16. The summed E-state index contributed by atoms with van der Waals surface area (Å²) in [5.41, 5.74) is 0.674. The molecule has 0 saturated heterocycles. The SMILES string of the molecule is CCNC(=O)C(CC)N(Cc1c(Cl)cccc1Cl)C(=O)CN(c1ccccc1OC)S(C)(=O)=O. The number of rotatable bonds is 11. The number of hydrogen-bond acceptors (Lipinski definition) is 5. The normalized spacial score (nSPS) is 12.1. The number of nitrogens with one attached hydrogen (secondary N) is 1. The van der Waals surface area contributed by atoms with Gasteiger partial charge in [-0.25, -0.2) is 8.42 Å². The summed E-state index contributed by atoms with van der Waals surface area (Å²) in [4.78, 5) is 27.7. The summed E-state index contributed by atoms with van der Waals surface area (Å²) in [6.45, 7) is 3.30. The first-order chi connectivity index (χ1) is 16.0. The van der Waals surface area contributed by atoms with Crippen molar-refractivity contribution < 1.29 is 22.7 Å². The van der Waals surface area contributed by atoms with Crippen LogP contribution in [0, 0.1) is 0 Å². The summed E-state index contributed by atoms with van der Waals surface area (Å²) in [5, 5.41) is 3.40. The molecule has 2 aromatic carbocycles. The zero-order valence-electron chi connectivity index (χ0n) is 19.5. The number of hydrogen-bond donors (Lipinski definition) is 1. The van der Waals surface area contributed by atoms with Crippen LogP contribution < -0.4 is 14.4 Å². The molecule has 0 saturated carbocycles. The highest BCUT2D eigenvalue weighted by Gasteiger charge is 2.33. The van der Waals surface area contributed by atoms with Crippen molar-refractivity contribution in [3.05, 3.63) is 58.1 Å². The highest BCUT2D eigenvalue weighted by molar-refractivity contribution is 7.92. The van der Waals surface area contributed by atoms with E-state index in [1.807, 2.05) is 0 Å². The third-order valence-corrected chi connectivity index (χ3v) is 6.99. The van der Waals surface area contributed by atoms with Gasteiger partial charge in [0.15, 0.2) is 0 Å². The van der Waals surface area contributed by atoms with Gasteiger partial charge < -0.3 is 15.0 Å². The van der Waals surface area contributed by atoms with Gasteiger partial charge in [-0.2, -0.15) is 0 Å². The van der Waals surface area contributed by atoms with Crippen LogP contribution in [-0.2, 0) is 26.2 Å². The summed E-state index contributed by atoms with van der Waals surface area (Å²) in [7, 11) is -2.47. The molecule has 1 N–H and O–H groups in total. The van der Waals surface area contributed by atoms with Crippen molar-refractivity contribution in [2.75, 3.05) is 30.8 Å². The van der Waals surface area contributed by atoms with Gasteiger partial charge in [-0.1, -0.05) is 48.3 Å². The Bertz CT molecular complexity index is 1110. The van der Waals surface area contributed by atoms with E-state index in [1.165, 1.54) is 12.0 Å². The van der Waals surface area contributed by atoms with E-state index in [0.717, 1.165) is 10.6 Å². The minimum Gasteiger partial charge on any atom is -0.495 e. The summed E-state index contributed by atoms with van der Waals surface area (Å²) in [6, 6.07) is 10.6. The predicted octanol–water partition coefficient (Wildman–Crippen LogP) is 3.71. The second-order valence-electron chi connectivity index (χ2n) is 7.48. The molecule has 186 valence electrons. The molecule has 0 bridgehead atoms. The Balaban J connectivity index is 2.53. The lowest BCUT2D eigenvalue weighted by molar-refractivity contribution is -0.140. The minimum absolute atomic E-state index is 0.0729. The first-order valence-electron chi connectivity index (χ1n) is 10.7. The molecule has 2 rings (SSSR count). The van der Waals surface area contributed by atoms with E-state index in [2.05, 4.69) is 5.32 Å². The number of halogens is 2. The Kier molecular flexibility index (Phi) is 10.0. The molecular weight excluding hydrogens is 501 g/mol. The van der Waals surface area contributed by atoms with Gasteiger partial charge in [-0.05, 0) is 37.6 Å². The van der Waals surface area contributed by atoms with Gasteiger partial charge in [0.05, 0.1) is 19.1 Å². The minimum atomic E-state index is -3.88. The van der Waals surface area contributed by atoms with Crippen LogP contribution in [0.2, 0.25) is 10.0 Å². The van der Waals surface area contributed by atoms with Crippen molar-refractivity contribution in [2.45, 2.75) is 32.9 Å². The standard InChI is InChI=1S/C23H29Cl2N3O5S/c1-5-19(23(30)26-6-2)27(14-16-17(24)10-9-11-18(16)25)22(29)15-28(34(4,31)32)20-12-7-8-13-21(20)33-3/h7-13,19H,5-6,14-15H2,1-4H3,(H,26,30). The fourth-order valence-corrected chi connectivity index (χ4v) is 4.87. The molecule has 0 spiro atoms. The first-order valence-corrected chi connectivity index (χ1v) is 13.3. The Morgan fingerprint density at radius 1 is 1.06 bits per heavy atom.